The van der Waals surface area contributed by atoms with Crippen molar-refractivity contribution >= 4 is 29.2 Å². The van der Waals surface area contributed by atoms with E-state index in [-0.39, 0.29) is 0 Å². The molecule has 0 aromatic heterocycles. The summed E-state index contributed by atoms with van der Waals surface area (Å²) in [6.07, 6.45) is 1.67. The molecule has 2 rings (SSSR count). The third-order valence-electron chi connectivity index (χ3n) is 2.90. The first-order chi connectivity index (χ1) is 11.2. The maximum absolute atomic E-state index is 5.53. The minimum absolute atomic E-state index is 0.422. The quantitative estimate of drug-likeness (QED) is 0.483. The van der Waals surface area contributed by atoms with Crippen LogP contribution >= 0.6 is 12.2 Å². The van der Waals surface area contributed by atoms with Gasteiger partial charge in [0, 0.05) is 5.69 Å². The van der Waals surface area contributed by atoms with Crippen LogP contribution in [0.3, 0.4) is 0 Å². The van der Waals surface area contributed by atoms with Crippen molar-refractivity contribution < 1.29 is 9.47 Å². The molecule has 2 aromatic carbocycles. The molecule has 0 amide bonds. The third-order valence-corrected chi connectivity index (χ3v) is 3.09. The van der Waals surface area contributed by atoms with Crippen molar-refractivity contribution in [1.82, 2.24) is 5.43 Å². The van der Waals surface area contributed by atoms with Gasteiger partial charge >= 0.3 is 0 Å². The molecule has 5 nitrogen and oxygen atoms in total. The maximum Gasteiger partial charge on any atom is 0.191 e. The zero-order valence-corrected chi connectivity index (χ0v) is 13.9. The van der Waals surface area contributed by atoms with Crippen molar-refractivity contribution in [1.29, 1.82) is 0 Å². The van der Waals surface area contributed by atoms with Crippen molar-refractivity contribution in [3.05, 3.63) is 54.1 Å². The lowest BCUT2D eigenvalue weighted by Gasteiger charge is -2.09. The van der Waals surface area contributed by atoms with Crippen LogP contribution in [0.4, 0.5) is 5.69 Å². The highest BCUT2D eigenvalue weighted by atomic mass is 32.1. The van der Waals surface area contributed by atoms with E-state index in [2.05, 4.69) is 15.8 Å². The van der Waals surface area contributed by atoms with E-state index in [1.165, 1.54) is 0 Å². The predicted octanol–water partition coefficient (Wildman–Crippen LogP) is 3.41. The van der Waals surface area contributed by atoms with Gasteiger partial charge in [0.1, 0.15) is 0 Å². The van der Waals surface area contributed by atoms with E-state index in [0.717, 1.165) is 11.3 Å². The Balaban J connectivity index is 1.94. The molecule has 120 valence electrons. The number of nitrogens with one attached hydrogen (secondary N) is 2. The Morgan fingerprint density at radius 1 is 1.17 bits per heavy atom. The Hall–Kier alpha value is -2.60. The largest absolute Gasteiger partial charge is 0.493 e. The molecule has 23 heavy (non-hydrogen) atoms. The van der Waals surface area contributed by atoms with Crippen LogP contribution in [0.15, 0.2) is 53.6 Å². The highest BCUT2D eigenvalue weighted by Gasteiger charge is 2.04. The number of hydrogen-bond acceptors (Lipinski definition) is 4. The highest BCUT2D eigenvalue weighted by molar-refractivity contribution is 7.80. The van der Waals surface area contributed by atoms with E-state index in [4.69, 9.17) is 21.7 Å². The number of para-hydroxylation sites is 1. The summed E-state index contributed by atoms with van der Waals surface area (Å²) >= 11 is 5.18. The van der Waals surface area contributed by atoms with Crippen LogP contribution in [-0.2, 0) is 0 Å². The molecule has 0 aliphatic rings. The van der Waals surface area contributed by atoms with Crippen molar-refractivity contribution in [2.75, 3.05) is 19.0 Å². The summed E-state index contributed by atoms with van der Waals surface area (Å²) in [4.78, 5) is 0. The SMILES string of the molecule is CCOc1cc(C=NNC(=S)Nc2ccccc2)ccc1OC. The first kappa shape index (κ1) is 16.8. The molecule has 0 saturated heterocycles. The number of nitrogens with zero attached hydrogens (tertiary/aromatic N) is 1. The van der Waals surface area contributed by atoms with Crippen molar-refractivity contribution in [3.8, 4) is 11.5 Å². The van der Waals surface area contributed by atoms with Gasteiger partial charge in [-0.05, 0) is 55.0 Å². The predicted molar refractivity (Wildman–Crippen MR) is 97.6 cm³/mol. The van der Waals surface area contributed by atoms with Gasteiger partial charge in [-0.1, -0.05) is 18.2 Å². The van der Waals surface area contributed by atoms with Gasteiger partial charge in [-0.25, -0.2) is 0 Å². The number of thiocarbonyl (C=S) groups is 1. The van der Waals surface area contributed by atoms with E-state index in [9.17, 15) is 0 Å². The fourth-order valence-corrected chi connectivity index (χ4v) is 2.06. The summed E-state index contributed by atoms with van der Waals surface area (Å²) in [6.45, 7) is 2.50. The molecule has 0 aliphatic carbocycles. The normalized spacial score (nSPS) is 10.3. The van der Waals surface area contributed by atoms with E-state index in [1.54, 1.807) is 13.3 Å². The molecule has 0 heterocycles. The second-order valence-corrected chi connectivity index (χ2v) is 4.94. The third kappa shape index (κ3) is 5.27. The second-order valence-electron chi connectivity index (χ2n) is 4.53. The maximum atomic E-state index is 5.53. The summed E-state index contributed by atoms with van der Waals surface area (Å²) < 4.78 is 10.8. The van der Waals surface area contributed by atoms with E-state index >= 15 is 0 Å². The number of hydrazone groups is 1. The number of ether oxygens (including phenoxy) is 2. The number of benzene rings is 2. The van der Waals surface area contributed by atoms with Crippen molar-refractivity contribution in [2.24, 2.45) is 5.10 Å². The van der Waals surface area contributed by atoms with Crippen LogP contribution in [0, 0.1) is 0 Å². The Bertz CT molecular complexity index is 675. The first-order valence-corrected chi connectivity index (χ1v) is 7.59. The van der Waals surface area contributed by atoms with Gasteiger partial charge in [0.2, 0.25) is 0 Å². The van der Waals surface area contributed by atoms with Crippen LogP contribution in [0.25, 0.3) is 0 Å². The van der Waals surface area contributed by atoms with Gasteiger partial charge in [-0.15, -0.1) is 0 Å². The van der Waals surface area contributed by atoms with Crippen molar-refractivity contribution in [2.45, 2.75) is 6.92 Å². The molecule has 2 aromatic rings. The molecule has 0 aliphatic heterocycles. The molecule has 0 atom stereocenters. The van der Waals surface area contributed by atoms with Gasteiger partial charge in [0.05, 0.1) is 19.9 Å². The molecular weight excluding hydrogens is 310 g/mol. The lowest BCUT2D eigenvalue weighted by Crippen LogP contribution is -2.23. The lowest BCUT2D eigenvalue weighted by atomic mass is 10.2. The molecule has 0 radical (unpaired) electrons. The number of rotatable bonds is 6. The summed E-state index contributed by atoms with van der Waals surface area (Å²) in [7, 11) is 1.61. The monoisotopic (exact) mass is 329 g/mol. The van der Waals surface area contributed by atoms with Gasteiger partial charge in [-0.2, -0.15) is 5.10 Å². The Kier molecular flexibility index (Phi) is 6.38. The van der Waals surface area contributed by atoms with Gasteiger partial charge in [-0.3, -0.25) is 5.43 Å². The number of anilines is 1. The van der Waals surface area contributed by atoms with Gasteiger partial charge in [0.15, 0.2) is 16.6 Å². The molecule has 0 unspecified atom stereocenters. The molecule has 0 fully saturated rings. The lowest BCUT2D eigenvalue weighted by molar-refractivity contribution is 0.311. The van der Waals surface area contributed by atoms with E-state index in [1.807, 2.05) is 55.5 Å². The molecule has 0 saturated carbocycles. The summed E-state index contributed by atoms with van der Waals surface area (Å²) in [5.41, 5.74) is 4.56. The second kappa shape index (κ2) is 8.75. The molecule has 2 N–H and O–H groups in total. The standard InChI is InChI=1S/C17H19N3O2S/c1-3-22-16-11-13(9-10-15(16)21-2)12-18-20-17(23)19-14-7-5-4-6-8-14/h4-12H,3H2,1-2H3,(H2,19,20,23). The van der Waals surface area contributed by atoms with Crippen LogP contribution in [0.5, 0.6) is 11.5 Å². The van der Waals surface area contributed by atoms with Crippen LogP contribution in [0.1, 0.15) is 12.5 Å². The summed E-state index contributed by atoms with van der Waals surface area (Å²) in [5, 5.41) is 7.58. The zero-order chi connectivity index (χ0) is 16.5. The Morgan fingerprint density at radius 2 is 1.96 bits per heavy atom. The minimum Gasteiger partial charge on any atom is -0.493 e. The minimum atomic E-state index is 0.422. The van der Waals surface area contributed by atoms with E-state index < -0.39 is 0 Å². The topological polar surface area (TPSA) is 54.9 Å². The average molecular weight is 329 g/mol. The summed E-state index contributed by atoms with van der Waals surface area (Å²) in [6, 6.07) is 15.3. The number of hydrogen-bond donors (Lipinski definition) is 2. The Labute approximate surface area is 141 Å². The van der Waals surface area contributed by atoms with Crippen LogP contribution in [0.2, 0.25) is 0 Å². The van der Waals surface area contributed by atoms with Gasteiger partial charge < -0.3 is 14.8 Å². The molecular formula is C17H19N3O2S. The fraction of sp³-hybridized carbons (Fsp3) is 0.176. The Morgan fingerprint density at radius 3 is 2.65 bits per heavy atom. The van der Waals surface area contributed by atoms with Crippen LogP contribution < -0.4 is 20.2 Å². The summed E-state index contributed by atoms with van der Waals surface area (Å²) in [5.74, 6) is 1.38. The van der Waals surface area contributed by atoms with Gasteiger partial charge in [0.25, 0.3) is 0 Å². The zero-order valence-electron chi connectivity index (χ0n) is 13.1. The molecule has 0 spiro atoms. The molecule has 0 bridgehead atoms. The molecule has 6 heteroatoms. The van der Waals surface area contributed by atoms with E-state index in [0.29, 0.717) is 23.2 Å². The smallest absolute Gasteiger partial charge is 0.191 e. The first-order valence-electron chi connectivity index (χ1n) is 7.19. The highest BCUT2D eigenvalue weighted by Crippen LogP contribution is 2.27. The fourth-order valence-electron chi connectivity index (χ4n) is 1.89. The number of methoxy groups -OCH3 is 1. The average Bonchev–Trinajstić information content (AvgIpc) is 2.56. The van der Waals surface area contributed by atoms with Crippen molar-refractivity contribution in [3.63, 3.8) is 0 Å². The van der Waals surface area contributed by atoms with Crippen LogP contribution in [-0.4, -0.2) is 25.0 Å².